The molecule has 0 radical (unpaired) electrons. The van der Waals surface area contributed by atoms with E-state index in [4.69, 9.17) is 0 Å². The highest BCUT2D eigenvalue weighted by atomic mass is 19.4. The number of aromatic amines is 1. The van der Waals surface area contributed by atoms with Crippen LogP contribution in [0.3, 0.4) is 0 Å². The molecule has 2 saturated heterocycles. The Labute approximate surface area is 247 Å². The average molecular weight is 601 g/mol. The second-order valence-corrected chi connectivity index (χ2v) is 11.6. The number of benzene rings is 2. The standard InChI is InChI=1S/C31H36F4N6O2/c1-38(2)22-8-9-40(19-22)18-20-4-6-26(32)23(14-20)21-5-7-28(41-12-10-39(3)11-13-41)27(15-21)37-30(43)24-17-36-29(42)16-25(24)31(33,34)35/h4-7,14-17,22H,8-13,18-19H2,1-3H3,(H,36,42)(H,37,43)/t22-/m0/s1. The van der Waals surface area contributed by atoms with Crippen LogP contribution in [0.25, 0.3) is 11.1 Å². The van der Waals surface area contributed by atoms with E-state index in [0.29, 0.717) is 48.6 Å². The first-order chi connectivity index (χ1) is 20.4. The van der Waals surface area contributed by atoms with E-state index < -0.39 is 34.6 Å². The number of nitrogens with one attached hydrogen (secondary N) is 2. The number of likely N-dealkylation sites (N-methyl/N-ethyl adjacent to an activating group) is 2. The average Bonchev–Trinajstić information content (AvgIpc) is 3.43. The van der Waals surface area contributed by atoms with Crippen LogP contribution in [0, 0.1) is 5.82 Å². The fourth-order valence-electron chi connectivity index (χ4n) is 5.74. The zero-order chi connectivity index (χ0) is 30.9. The van der Waals surface area contributed by atoms with E-state index in [2.05, 4.69) is 39.1 Å². The Bertz CT molecular complexity index is 1530. The summed E-state index contributed by atoms with van der Waals surface area (Å²) in [5.41, 5.74) is -0.381. The third-order valence-electron chi connectivity index (χ3n) is 8.29. The molecule has 3 heterocycles. The largest absolute Gasteiger partial charge is 0.417 e. The Balaban J connectivity index is 1.49. The van der Waals surface area contributed by atoms with Crippen LogP contribution in [0.2, 0.25) is 0 Å². The van der Waals surface area contributed by atoms with Gasteiger partial charge in [-0.1, -0.05) is 12.1 Å². The second kappa shape index (κ2) is 12.5. The van der Waals surface area contributed by atoms with E-state index in [0.717, 1.165) is 44.4 Å². The zero-order valence-corrected chi connectivity index (χ0v) is 24.5. The number of anilines is 2. The van der Waals surface area contributed by atoms with Crippen molar-refractivity contribution in [3.63, 3.8) is 0 Å². The van der Waals surface area contributed by atoms with Crippen molar-refractivity contribution >= 4 is 17.3 Å². The summed E-state index contributed by atoms with van der Waals surface area (Å²) < 4.78 is 56.4. The van der Waals surface area contributed by atoms with Gasteiger partial charge in [0.2, 0.25) is 5.56 Å². The molecule has 1 atom stereocenters. The molecule has 230 valence electrons. The number of piperazine rings is 1. The first kappa shape index (κ1) is 30.7. The van der Waals surface area contributed by atoms with E-state index in [1.165, 1.54) is 6.07 Å². The highest BCUT2D eigenvalue weighted by molar-refractivity contribution is 6.07. The molecule has 3 aromatic rings. The monoisotopic (exact) mass is 600 g/mol. The van der Waals surface area contributed by atoms with E-state index in [-0.39, 0.29) is 5.69 Å². The van der Waals surface area contributed by atoms with Crippen molar-refractivity contribution in [3.8, 4) is 11.1 Å². The van der Waals surface area contributed by atoms with Gasteiger partial charge in [0, 0.05) is 69.7 Å². The van der Waals surface area contributed by atoms with Crippen molar-refractivity contribution < 1.29 is 22.4 Å². The second-order valence-electron chi connectivity index (χ2n) is 11.6. The normalized spacial score (nSPS) is 18.4. The maximum Gasteiger partial charge on any atom is 0.417 e. The number of rotatable bonds is 7. The van der Waals surface area contributed by atoms with Gasteiger partial charge in [-0.2, -0.15) is 13.2 Å². The summed E-state index contributed by atoms with van der Waals surface area (Å²) >= 11 is 0. The number of amides is 1. The number of hydrogen-bond donors (Lipinski definition) is 2. The maximum absolute atomic E-state index is 15.2. The summed E-state index contributed by atoms with van der Waals surface area (Å²) in [6.45, 7) is 5.31. The minimum Gasteiger partial charge on any atom is -0.367 e. The lowest BCUT2D eigenvalue weighted by molar-refractivity contribution is -0.138. The first-order valence-corrected chi connectivity index (χ1v) is 14.3. The molecule has 0 bridgehead atoms. The topological polar surface area (TPSA) is 74.9 Å². The van der Waals surface area contributed by atoms with Crippen molar-refractivity contribution in [2.24, 2.45) is 0 Å². The first-order valence-electron chi connectivity index (χ1n) is 14.3. The summed E-state index contributed by atoms with van der Waals surface area (Å²) in [5.74, 6) is -1.48. The smallest absolute Gasteiger partial charge is 0.367 e. The van der Waals surface area contributed by atoms with Crippen molar-refractivity contribution in [1.29, 1.82) is 0 Å². The Morgan fingerprint density at radius 3 is 2.47 bits per heavy atom. The molecule has 2 aliphatic heterocycles. The molecule has 12 heteroatoms. The van der Waals surface area contributed by atoms with Gasteiger partial charge in [-0.05, 0) is 63.0 Å². The molecule has 0 unspecified atom stereocenters. The molecule has 2 fully saturated rings. The van der Waals surface area contributed by atoms with Crippen molar-refractivity contribution in [3.05, 3.63) is 81.5 Å². The van der Waals surface area contributed by atoms with Crippen LogP contribution in [0.15, 0.2) is 53.5 Å². The molecule has 2 aliphatic rings. The fraction of sp³-hybridized carbons (Fsp3) is 0.419. The van der Waals surface area contributed by atoms with Gasteiger partial charge in [0.15, 0.2) is 0 Å². The summed E-state index contributed by atoms with van der Waals surface area (Å²) in [5, 5.41) is 2.63. The number of likely N-dealkylation sites (tertiary alicyclic amines) is 1. The molecular formula is C31H36F4N6O2. The Morgan fingerprint density at radius 2 is 1.79 bits per heavy atom. The van der Waals surface area contributed by atoms with Crippen LogP contribution in [0.4, 0.5) is 28.9 Å². The molecule has 0 aliphatic carbocycles. The zero-order valence-electron chi connectivity index (χ0n) is 24.5. The van der Waals surface area contributed by atoms with Crippen LogP contribution in [0.5, 0.6) is 0 Å². The number of carbonyl (C=O) groups is 1. The van der Waals surface area contributed by atoms with Gasteiger partial charge in [-0.15, -0.1) is 0 Å². The lowest BCUT2D eigenvalue weighted by Crippen LogP contribution is -2.44. The number of hydrogen-bond acceptors (Lipinski definition) is 6. The summed E-state index contributed by atoms with van der Waals surface area (Å²) in [7, 11) is 6.12. The van der Waals surface area contributed by atoms with Gasteiger partial charge in [0.1, 0.15) is 5.82 Å². The molecule has 0 spiro atoms. The molecular weight excluding hydrogens is 564 g/mol. The highest BCUT2D eigenvalue weighted by Crippen LogP contribution is 2.36. The number of H-pyrrole nitrogens is 1. The van der Waals surface area contributed by atoms with Gasteiger partial charge in [-0.3, -0.25) is 14.5 Å². The van der Waals surface area contributed by atoms with Crippen LogP contribution < -0.4 is 15.8 Å². The molecule has 1 amide bonds. The van der Waals surface area contributed by atoms with E-state index in [1.54, 1.807) is 30.3 Å². The van der Waals surface area contributed by atoms with E-state index >= 15 is 4.39 Å². The minimum absolute atomic E-state index is 0.254. The lowest BCUT2D eigenvalue weighted by Gasteiger charge is -2.35. The third kappa shape index (κ3) is 7.09. The molecule has 8 nitrogen and oxygen atoms in total. The van der Waals surface area contributed by atoms with Crippen LogP contribution in [-0.4, -0.2) is 92.0 Å². The van der Waals surface area contributed by atoms with Crippen molar-refractivity contribution in [1.82, 2.24) is 19.7 Å². The molecule has 2 N–H and O–H groups in total. The quantitative estimate of drug-likeness (QED) is 0.394. The van der Waals surface area contributed by atoms with Gasteiger partial charge in [-0.25, -0.2) is 4.39 Å². The van der Waals surface area contributed by atoms with Gasteiger partial charge >= 0.3 is 6.18 Å². The third-order valence-corrected chi connectivity index (χ3v) is 8.29. The van der Waals surface area contributed by atoms with Gasteiger partial charge in [0.25, 0.3) is 5.91 Å². The predicted octanol–water partition coefficient (Wildman–Crippen LogP) is 4.34. The number of alkyl halides is 3. The SMILES string of the molecule is CN1CCN(c2ccc(-c3cc(CN4CC[C@H](N(C)C)C4)ccc3F)cc2NC(=O)c2c[nH]c(=O)cc2C(F)(F)F)CC1. The number of halogens is 4. The summed E-state index contributed by atoms with van der Waals surface area (Å²) in [4.78, 5) is 35.8. The van der Waals surface area contributed by atoms with Crippen LogP contribution in [0.1, 0.15) is 27.9 Å². The Hall–Kier alpha value is -3.74. The number of carbonyl (C=O) groups excluding carboxylic acids is 1. The number of pyridine rings is 1. The van der Waals surface area contributed by atoms with E-state index in [9.17, 15) is 22.8 Å². The Morgan fingerprint density at radius 1 is 1.05 bits per heavy atom. The van der Waals surface area contributed by atoms with E-state index in [1.807, 2.05) is 11.9 Å². The maximum atomic E-state index is 15.2. The fourth-order valence-corrected chi connectivity index (χ4v) is 5.74. The minimum atomic E-state index is -4.91. The van der Waals surface area contributed by atoms with Gasteiger partial charge < -0.3 is 25.0 Å². The lowest BCUT2D eigenvalue weighted by atomic mass is 10.00. The number of aromatic nitrogens is 1. The number of nitrogens with zero attached hydrogens (tertiary/aromatic N) is 4. The molecule has 2 aromatic carbocycles. The molecule has 1 aromatic heterocycles. The highest BCUT2D eigenvalue weighted by Gasteiger charge is 2.36. The molecule has 43 heavy (non-hydrogen) atoms. The molecule has 5 rings (SSSR count). The van der Waals surface area contributed by atoms with Gasteiger partial charge in [0.05, 0.1) is 22.5 Å². The van der Waals surface area contributed by atoms with Crippen LogP contribution >= 0.6 is 0 Å². The van der Waals surface area contributed by atoms with Crippen molar-refractivity contribution in [2.75, 3.05) is 70.6 Å². The van der Waals surface area contributed by atoms with Crippen LogP contribution in [-0.2, 0) is 12.7 Å². The summed E-state index contributed by atoms with van der Waals surface area (Å²) in [6.07, 6.45) is -3.08. The Kier molecular flexibility index (Phi) is 8.91. The summed E-state index contributed by atoms with van der Waals surface area (Å²) in [6, 6.07) is 10.9. The predicted molar refractivity (Wildman–Crippen MR) is 159 cm³/mol. The molecule has 0 saturated carbocycles. The van der Waals surface area contributed by atoms with Crippen molar-refractivity contribution in [2.45, 2.75) is 25.2 Å².